The van der Waals surface area contributed by atoms with Crippen LogP contribution in [-0.2, 0) is 0 Å². The van der Waals surface area contributed by atoms with Crippen LogP contribution in [0.1, 0.15) is 5.56 Å². The predicted molar refractivity (Wildman–Crippen MR) is 63.7 cm³/mol. The van der Waals surface area contributed by atoms with Gasteiger partial charge in [-0.3, -0.25) is 0 Å². The van der Waals surface area contributed by atoms with Crippen molar-refractivity contribution in [3.05, 3.63) is 27.0 Å². The molecule has 2 heterocycles. The zero-order valence-corrected chi connectivity index (χ0v) is 10.9. The number of hydrogen-bond donors (Lipinski definition) is 1. The SMILES string of the molecule is Cc1cnc(-n2nc(N)nc2Br)c(Br)c1. The van der Waals surface area contributed by atoms with Gasteiger partial charge in [-0.05, 0) is 50.4 Å². The van der Waals surface area contributed by atoms with E-state index in [1.807, 2.05) is 13.0 Å². The van der Waals surface area contributed by atoms with E-state index in [0.717, 1.165) is 10.0 Å². The molecule has 0 aliphatic carbocycles. The van der Waals surface area contributed by atoms with Crippen LogP contribution in [0.15, 0.2) is 21.5 Å². The first-order chi connectivity index (χ1) is 7.08. The molecule has 78 valence electrons. The number of aryl methyl sites for hydroxylation is 1. The maximum atomic E-state index is 5.48. The molecule has 0 fully saturated rings. The van der Waals surface area contributed by atoms with Gasteiger partial charge in [-0.25, -0.2) is 4.98 Å². The number of nitrogens with two attached hydrogens (primary N) is 1. The number of rotatable bonds is 1. The third-order valence-corrected chi connectivity index (χ3v) is 2.84. The van der Waals surface area contributed by atoms with Gasteiger partial charge < -0.3 is 5.73 Å². The molecule has 2 N–H and O–H groups in total. The molecule has 0 amide bonds. The van der Waals surface area contributed by atoms with E-state index in [1.165, 1.54) is 4.68 Å². The van der Waals surface area contributed by atoms with E-state index in [1.54, 1.807) is 6.20 Å². The second-order valence-corrected chi connectivity index (χ2v) is 4.53. The summed E-state index contributed by atoms with van der Waals surface area (Å²) in [7, 11) is 0. The minimum atomic E-state index is 0.205. The lowest BCUT2D eigenvalue weighted by molar-refractivity contribution is 0.821. The highest BCUT2D eigenvalue weighted by molar-refractivity contribution is 9.10. The standard InChI is InChI=1S/C8H7Br2N5/c1-4-2-5(9)6(12-3-4)15-7(10)13-8(11)14-15/h2-3H,1H3,(H2,11,14). The van der Waals surface area contributed by atoms with Gasteiger partial charge >= 0.3 is 0 Å². The summed E-state index contributed by atoms with van der Waals surface area (Å²) in [6.45, 7) is 1.96. The molecule has 0 saturated carbocycles. The van der Waals surface area contributed by atoms with E-state index < -0.39 is 0 Å². The van der Waals surface area contributed by atoms with Crippen LogP contribution in [0.3, 0.4) is 0 Å². The lowest BCUT2D eigenvalue weighted by Gasteiger charge is -2.03. The van der Waals surface area contributed by atoms with E-state index in [4.69, 9.17) is 5.73 Å². The molecule has 2 aromatic rings. The van der Waals surface area contributed by atoms with Crippen molar-refractivity contribution in [3.8, 4) is 5.82 Å². The Labute approximate surface area is 103 Å². The number of halogens is 2. The van der Waals surface area contributed by atoms with Crippen molar-refractivity contribution in [2.75, 3.05) is 5.73 Å². The average Bonchev–Trinajstić information content (AvgIpc) is 2.45. The lowest BCUT2D eigenvalue weighted by atomic mass is 10.3. The first-order valence-electron chi connectivity index (χ1n) is 4.08. The Morgan fingerprint density at radius 1 is 1.40 bits per heavy atom. The van der Waals surface area contributed by atoms with Crippen LogP contribution in [0.25, 0.3) is 5.82 Å². The molecule has 5 nitrogen and oxygen atoms in total. The molecular formula is C8H7Br2N5. The van der Waals surface area contributed by atoms with E-state index in [-0.39, 0.29) is 5.95 Å². The third kappa shape index (κ3) is 2.03. The number of aromatic nitrogens is 4. The van der Waals surface area contributed by atoms with E-state index >= 15 is 0 Å². The van der Waals surface area contributed by atoms with Crippen LogP contribution >= 0.6 is 31.9 Å². The Hall–Kier alpha value is -0.950. The van der Waals surface area contributed by atoms with Gasteiger partial charge in [0.1, 0.15) is 0 Å². The van der Waals surface area contributed by atoms with Gasteiger partial charge in [0.25, 0.3) is 0 Å². The quantitative estimate of drug-likeness (QED) is 0.868. The zero-order valence-electron chi connectivity index (χ0n) is 7.78. The summed E-state index contributed by atoms with van der Waals surface area (Å²) in [4.78, 5) is 8.19. The molecule has 2 aromatic heterocycles. The maximum absolute atomic E-state index is 5.48. The van der Waals surface area contributed by atoms with Gasteiger partial charge in [-0.2, -0.15) is 9.67 Å². The highest BCUT2D eigenvalue weighted by Crippen LogP contribution is 2.22. The minimum Gasteiger partial charge on any atom is -0.366 e. The fraction of sp³-hybridized carbons (Fsp3) is 0.125. The van der Waals surface area contributed by atoms with Crippen LogP contribution in [0.4, 0.5) is 5.95 Å². The molecule has 0 unspecified atom stereocenters. The van der Waals surface area contributed by atoms with Gasteiger partial charge in [0, 0.05) is 6.20 Å². The summed E-state index contributed by atoms with van der Waals surface area (Å²) in [6, 6.07) is 1.95. The number of nitrogen functional groups attached to an aromatic ring is 1. The Balaban J connectivity index is 2.59. The Morgan fingerprint density at radius 2 is 2.13 bits per heavy atom. The van der Waals surface area contributed by atoms with Crippen molar-refractivity contribution >= 4 is 37.8 Å². The largest absolute Gasteiger partial charge is 0.366 e. The highest BCUT2D eigenvalue weighted by Gasteiger charge is 2.11. The number of anilines is 1. The maximum Gasteiger partial charge on any atom is 0.240 e. The van der Waals surface area contributed by atoms with Crippen molar-refractivity contribution in [1.29, 1.82) is 0 Å². The van der Waals surface area contributed by atoms with Crippen molar-refractivity contribution in [1.82, 2.24) is 19.7 Å². The van der Waals surface area contributed by atoms with Crippen molar-refractivity contribution in [2.24, 2.45) is 0 Å². The fourth-order valence-corrected chi connectivity index (χ4v) is 2.19. The van der Waals surface area contributed by atoms with Gasteiger partial charge in [0.15, 0.2) is 5.82 Å². The van der Waals surface area contributed by atoms with Crippen molar-refractivity contribution in [2.45, 2.75) is 6.92 Å². The molecule has 0 saturated heterocycles. The molecule has 0 atom stereocenters. The van der Waals surface area contributed by atoms with E-state index in [0.29, 0.717) is 10.6 Å². The van der Waals surface area contributed by atoms with Crippen LogP contribution < -0.4 is 5.73 Å². The van der Waals surface area contributed by atoms with Crippen LogP contribution in [-0.4, -0.2) is 19.7 Å². The molecule has 2 rings (SSSR count). The molecule has 15 heavy (non-hydrogen) atoms. The second kappa shape index (κ2) is 3.90. The molecule has 0 aliphatic heterocycles. The van der Waals surface area contributed by atoms with E-state index in [9.17, 15) is 0 Å². The van der Waals surface area contributed by atoms with Gasteiger partial charge in [0.2, 0.25) is 10.7 Å². The molecule has 0 radical (unpaired) electrons. The summed E-state index contributed by atoms with van der Waals surface area (Å²) in [5.41, 5.74) is 6.55. The monoisotopic (exact) mass is 331 g/mol. The molecular weight excluding hydrogens is 326 g/mol. The Bertz CT molecular complexity index is 508. The van der Waals surface area contributed by atoms with Crippen LogP contribution in [0, 0.1) is 6.92 Å². The average molecular weight is 333 g/mol. The van der Waals surface area contributed by atoms with Crippen LogP contribution in [0.2, 0.25) is 0 Å². The molecule has 0 spiro atoms. The van der Waals surface area contributed by atoms with Gasteiger partial charge in [0.05, 0.1) is 4.47 Å². The summed E-state index contributed by atoms with van der Waals surface area (Å²) in [5.74, 6) is 0.854. The Kier molecular flexibility index (Phi) is 2.74. The zero-order chi connectivity index (χ0) is 11.0. The molecule has 0 bridgehead atoms. The molecule has 0 aromatic carbocycles. The normalized spacial score (nSPS) is 10.6. The second-order valence-electron chi connectivity index (χ2n) is 2.97. The first-order valence-corrected chi connectivity index (χ1v) is 5.67. The number of nitrogens with zero attached hydrogens (tertiary/aromatic N) is 4. The third-order valence-electron chi connectivity index (χ3n) is 1.74. The smallest absolute Gasteiger partial charge is 0.240 e. The van der Waals surface area contributed by atoms with Crippen molar-refractivity contribution in [3.63, 3.8) is 0 Å². The summed E-state index contributed by atoms with van der Waals surface area (Å²) >= 11 is 6.67. The molecule has 7 heteroatoms. The molecule has 0 aliphatic rings. The fourth-order valence-electron chi connectivity index (χ4n) is 1.12. The topological polar surface area (TPSA) is 69.6 Å². The summed E-state index contributed by atoms with van der Waals surface area (Å²) in [6.07, 6.45) is 1.75. The lowest BCUT2D eigenvalue weighted by Crippen LogP contribution is -2.02. The predicted octanol–water partition coefficient (Wildman–Crippen LogP) is 2.08. The summed E-state index contributed by atoms with van der Waals surface area (Å²) in [5, 5.41) is 4.01. The highest BCUT2D eigenvalue weighted by atomic mass is 79.9. The number of hydrogen-bond acceptors (Lipinski definition) is 4. The Morgan fingerprint density at radius 3 is 2.67 bits per heavy atom. The van der Waals surface area contributed by atoms with Crippen LogP contribution in [0.5, 0.6) is 0 Å². The van der Waals surface area contributed by atoms with Gasteiger partial charge in [-0.15, -0.1) is 5.10 Å². The first kappa shape index (κ1) is 10.6. The summed E-state index contributed by atoms with van der Waals surface area (Å²) < 4.78 is 2.89. The van der Waals surface area contributed by atoms with E-state index in [2.05, 4.69) is 46.9 Å². The van der Waals surface area contributed by atoms with Gasteiger partial charge in [-0.1, -0.05) is 0 Å². The minimum absolute atomic E-state index is 0.205. The number of pyridine rings is 1. The van der Waals surface area contributed by atoms with Crippen molar-refractivity contribution < 1.29 is 0 Å².